The Balaban J connectivity index is 2.31. The standard InChI is InChI=1S/C8H10F3NO2/c9-8(10,11)5-14-6-12-2-1-7(3-12)4-13/h1-3,13H,4-6H2. The fourth-order valence-corrected chi connectivity index (χ4v) is 0.931. The number of rotatable bonds is 4. The number of aliphatic hydroxyl groups is 1. The molecule has 0 aromatic carbocycles. The molecule has 0 radical (unpaired) electrons. The molecule has 6 heteroatoms. The molecule has 0 amide bonds. The summed E-state index contributed by atoms with van der Waals surface area (Å²) in [6.07, 6.45) is -1.23. The minimum Gasteiger partial charge on any atom is -0.392 e. The third kappa shape index (κ3) is 3.80. The Hall–Kier alpha value is -1.01. The predicted molar refractivity (Wildman–Crippen MR) is 42.4 cm³/mol. The number of hydrogen-bond donors (Lipinski definition) is 1. The maximum atomic E-state index is 11.7. The van der Waals surface area contributed by atoms with Crippen molar-refractivity contribution >= 4 is 0 Å². The van der Waals surface area contributed by atoms with Gasteiger partial charge in [-0.05, 0) is 11.6 Å². The highest BCUT2D eigenvalue weighted by molar-refractivity contribution is 5.08. The molecule has 1 aromatic rings. The minimum atomic E-state index is -4.30. The second kappa shape index (κ2) is 4.47. The molecule has 14 heavy (non-hydrogen) atoms. The molecule has 0 unspecified atom stereocenters. The van der Waals surface area contributed by atoms with E-state index in [1.54, 1.807) is 12.3 Å². The van der Waals surface area contributed by atoms with Gasteiger partial charge in [0.15, 0.2) is 0 Å². The summed E-state index contributed by atoms with van der Waals surface area (Å²) in [4.78, 5) is 0. The average molecular weight is 209 g/mol. The Morgan fingerprint density at radius 3 is 2.64 bits per heavy atom. The van der Waals surface area contributed by atoms with E-state index in [2.05, 4.69) is 4.74 Å². The van der Waals surface area contributed by atoms with Gasteiger partial charge < -0.3 is 14.4 Å². The fraction of sp³-hybridized carbons (Fsp3) is 0.500. The van der Waals surface area contributed by atoms with Crippen molar-refractivity contribution in [3.05, 3.63) is 24.0 Å². The van der Waals surface area contributed by atoms with Crippen LogP contribution >= 0.6 is 0 Å². The largest absolute Gasteiger partial charge is 0.411 e. The van der Waals surface area contributed by atoms with Crippen LogP contribution in [0.15, 0.2) is 18.5 Å². The molecule has 1 N–H and O–H groups in total. The van der Waals surface area contributed by atoms with Gasteiger partial charge in [-0.25, -0.2) is 0 Å². The van der Waals surface area contributed by atoms with Gasteiger partial charge in [0.25, 0.3) is 0 Å². The monoisotopic (exact) mass is 209 g/mol. The quantitative estimate of drug-likeness (QED) is 0.815. The van der Waals surface area contributed by atoms with Crippen LogP contribution in [0.4, 0.5) is 13.2 Å². The lowest BCUT2D eigenvalue weighted by molar-refractivity contribution is -0.181. The molecule has 0 aliphatic rings. The molecule has 1 aromatic heterocycles. The topological polar surface area (TPSA) is 34.4 Å². The molecule has 0 aliphatic carbocycles. The highest BCUT2D eigenvalue weighted by atomic mass is 19.4. The molecule has 0 saturated heterocycles. The molecule has 1 rings (SSSR count). The molecule has 0 bridgehead atoms. The van der Waals surface area contributed by atoms with Crippen molar-refractivity contribution in [2.45, 2.75) is 19.5 Å². The highest BCUT2D eigenvalue weighted by Crippen LogP contribution is 2.14. The van der Waals surface area contributed by atoms with E-state index in [1.165, 1.54) is 10.8 Å². The van der Waals surface area contributed by atoms with Gasteiger partial charge in [-0.1, -0.05) is 0 Å². The summed E-state index contributed by atoms with van der Waals surface area (Å²) in [5, 5.41) is 8.67. The zero-order chi connectivity index (χ0) is 10.6. The van der Waals surface area contributed by atoms with Crippen LogP contribution in [0, 0.1) is 0 Å². The molecule has 80 valence electrons. The number of alkyl halides is 3. The lowest BCUT2D eigenvalue weighted by atomic mass is 10.4. The van der Waals surface area contributed by atoms with Gasteiger partial charge in [-0.2, -0.15) is 13.2 Å². The summed E-state index contributed by atoms with van der Waals surface area (Å²) in [6, 6.07) is 1.61. The number of ether oxygens (including phenoxy) is 1. The van der Waals surface area contributed by atoms with Crippen molar-refractivity contribution in [3.63, 3.8) is 0 Å². The Labute approximate surface area is 78.7 Å². The summed E-state index contributed by atoms with van der Waals surface area (Å²) in [5.41, 5.74) is 0.639. The fourth-order valence-electron chi connectivity index (χ4n) is 0.931. The minimum absolute atomic E-state index is 0.133. The second-order valence-corrected chi connectivity index (χ2v) is 2.78. The molecular formula is C8H10F3NO2. The number of hydrogen-bond acceptors (Lipinski definition) is 2. The van der Waals surface area contributed by atoms with Crippen LogP contribution in [0.2, 0.25) is 0 Å². The van der Waals surface area contributed by atoms with Gasteiger partial charge >= 0.3 is 6.18 Å². The molecule has 0 spiro atoms. The second-order valence-electron chi connectivity index (χ2n) is 2.78. The first-order chi connectivity index (χ1) is 6.51. The molecule has 0 atom stereocenters. The summed E-state index contributed by atoms with van der Waals surface area (Å²) < 4.78 is 40.8. The van der Waals surface area contributed by atoms with Crippen LogP contribution in [0.1, 0.15) is 5.56 Å². The van der Waals surface area contributed by atoms with Crippen molar-refractivity contribution < 1.29 is 23.0 Å². The number of aromatic nitrogens is 1. The first-order valence-electron chi connectivity index (χ1n) is 3.91. The van der Waals surface area contributed by atoms with Crippen molar-refractivity contribution in [1.82, 2.24) is 4.57 Å². The van der Waals surface area contributed by atoms with E-state index in [0.29, 0.717) is 5.56 Å². The number of nitrogens with zero attached hydrogens (tertiary/aromatic N) is 1. The summed E-state index contributed by atoms with van der Waals surface area (Å²) >= 11 is 0. The van der Waals surface area contributed by atoms with Crippen LogP contribution in [0.25, 0.3) is 0 Å². The SMILES string of the molecule is OCc1ccn(COCC(F)(F)F)c1. The van der Waals surface area contributed by atoms with E-state index in [9.17, 15) is 13.2 Å². The van der Waals surface area contributed by atoms with E-state index in [4.69, 9.17) is 5.11 Å². The van der Waals surface area contributed by atoms with Crippen molar-refractivity contribution in [3.8, 4) is 0 Å². The Bertz CT molecular complexity index is 282. The van der Waals surface area contributed by atoms with Gasteiger partial charge in [0.05, 0.1) is 6.61 Å². The van der Waals surface area contributed by atoms with Crippen LogP contribution in [-0.4, -0.2) is 22.5 Å². The lowest BCUT2D eigenvalue weighted by Gasteiger charge is -2.07. The maximum Gasteiger partial charge on any atom is 0.411 e. The molecule has 0 saturated carbocycles. The third-order valence-corrected chi connectivity index (χ3v) is 1.50. The zero-order valence-electron chi connectivity index (χ0n) is 7.29. The van der Waals surface area contributed by atoms with Gasteiger partial charge in [0.2, 0.25) is 0 Å². The van der Waals surface area contributed by atoms with E-state index in [1.807, 2.05) is 0 Å². The Kier molecular flexibility index (Phi) is 3.54. The van der Waals surface area contributed by atoms with Crippen LogP contribution in [0.3, 0.4) is 0 Å². The Morgan fingerprint density at radius 2 is 2.14 bits per heavy atom. The lowest BCUT2D eigenvalue weighted by Crippen LogP contribution is -2.17. The Morgan fingerprint density at radius 1 is 1.43 bits per heavy atom. The first-order valence-corrected chi connectivity index (χ1v) is 3.91. The van der Waals surface area contributed by atoms with E-state index in [0.717, 1.165) is 0 Å². The zero-order valence-corrected chi connectivity index (χ0v) is 7.29. The van der Waals surface area contributed by atoms with Crippen LogP contribution < -0.4 is 0 Å². The molecule has 1 heterocycles. The van der Waals surface area contributed by atoms with Crippen LogP contribution in [0.5, 0.6) is 0 Å². The van der Waals surface area contributed by atoms with Crippen molar-refractivity contribution in [2.75, 3.05) is 6.61 Å². The van der Waals surface area contributed by atoms with E-state index >= 15 is 0 Å². The normalized spacial score (nSPS) is 12.0. The summed E-state index contributed by atoms with van der Waals surface area (Å²) in [5.74, 6) is 0. The molecule has 0 fully saturated rings. The summed E-state index contributed by atoms with van der Waals surface area (Å²) in [6.45, 7) is -1.56. The van der Waals surface area contributed by atoms with Gasteiger partial charge in [-0.3, -0.25) is 0 Å². The summed E-state index contributed by atoms with van der Waals surface area (Å²) in [7, 11) is 0. The van der Waals surface area contributed by atoms with Gasteiger partial charge in [0.1, 0.15) is 13.3 Å². The molecule has 0 aliphatic heterocycles. The predicted octanol–water partition coefficient (Wildman–Crippen LogP) is 1.52. The first kappa shape index (κ1) is 11.1. The highest BCUT2D eigenvalue weighted by Gasteiger charge is 2.27. The van der Waals surface area contributed by atoms with Gasteiger partial charge in [0, 0.05) is 12.4 Å². The maximum absolute atomic E-state index is 11.7. The van der Waals surface area contributed by atoms with Crippen molar-refractivity contribution in [2.24, 2.45) is 0 Å². The third-order valence-electron chi connectivity index (χ3n) is 1.50. The number of aliphatic hydroxyl groups excluding tert-OH is 1. The number of halogens is 3. The average Bonchev–Trinajstić information content (AvgIpc) is 2.50. The van der Waals surface area contributed by atoms with E-state index < -0.39 is 12.8 Å². The van der Waals surface area contributed by atoms with E-state index in [-0.39, 0.29) is 13.3 Å². The van der Waals surface area contributed by atoms with Gasteiger partial charge in [-0.15, -0.1) is 0 Å². The van der Waals surface area contributed by atoms with Crippen molar-refractivity contribution in [1.29, 1.82) is 0 Å². The molecule has 3 nitrogen and oxygen atoms in total. The smallest absolute Gasteiger partial charge is 0.392 e. The van der Waals surface area contributed by atoms with Crippen LogP contribution in [-0.2, 0) is 18.1 Å². The molecular weight excluding hydrogens is 199 g/mol.